The Morgan fingerprint density at radius 2 is 2.03 bits per heavy atom. The number of methoxy groups -OCH3 is 1. The summed E-state index contributed by atoms with van der Waals surface area (Å²) in [5.41, 5.74) is 1.64. The number of nitrogens with one attached hydrogen (secondary N) is 1. The fourth-order valence-corrected chi connectivity index (χ4v) is 5.26. The third-order valence-electron chi connectivity index (χ3n) is 5.90. The first-order chi connectivity index (χ1) is 17.5. The quantitative estimate of drug-likeness (QED) is 0.367. The topological polar surface area (TPSA) is 71.1 Å². The van der Waals surface area contributed by atoms with Gasteiger partial charge in [-0.25, -0.2) is 4.79 Å². The van der Waals surface area contributed by atoms with Crippen LogP contribution in [0.5, 0.6) is 11.5 Å². The molecule has 188 valence electrons. The van der Waals surface area contributed by atoms with Gasteiger partial charge in [0.15, 0.2) is 0 Å². The van der Waals surface area contributed by atoms with E-state index in [0.717, 1.165) is 12.0 Å². The zero-order valence-corrected chi connectivity index (χ0v) is 21.6. The first-order valence-corrected chi connectivity index (χ1v) is 12.8. The SMILES string of the molecule is C=CCN(CC(=O)N1CCc2sccc2[C@H]1COc1cccc(OC)c1)C(=O)Nc1cccc(Cl)c1. The number of hydrogen-bond acceptors (Lipinski definition) is 5. The highest BCUT2D eigenvalue weighted by molar-refractivity contribution is 7.10. The molecule has 2 aromatic carbocycles. The van der Waals surface area contributed by atoms with Crippen molar-refractivity contribution in [3.63, 3.8) is 0 Å². The van der Waals surface area contributed by atoms with E-state index in [1.807, 2.05) is 35.7 Å². The number of nitrogens with zero attached hydrogens (tertiary/aromatic N) is 2. The second kappa shape index (κ2) is 12.0. The lowest BCUT2D eigenvalue weighted by molar-refractivity contribution is -0.135. The molecule has 2 heterocycles. The minimum absolute atomic E-state index is 0.0897. The number of fused-ring (bicyclic) bond motifs is 1. The number of carbonyl (C=O) groups is 2. The summed E-state index contributed by atoms with van der Waals surface area (Å²) in [5, 5.41) is 5.36. The van der Waals surface area contributed by atoms with E-state index < -0.39 is 6.03 Å². The minimum Gasteiger partial charge on any atom is -0.497 e. The lowest BCUT2D eigenvalue weighted by atomic mass is 10.0. The molecule has 0 bridgehead atoms. The standard InChI is InChI=1S/C27H28ClN3O4S/c1-3-12-30(27(33)29-20-7-4-6-19(28)15-20)17-26(32)31-13-10-25-23(11-14-36-25)24(31)18-35-22-9-5-8-21(16-22)34-2/h3-9,11,14-16,24H,1,10,12-13,17-18H2,2H3,(H,29,33)/t24-/m1/s1. The second-order valence-electron chi connectivity index (χ2n) is 8.25. The van der Waals surface area contributed by atoms with E-state index in [1.54, 1.807) is 53.7 Å². The fraction of sp³-hybridized carbons (Fsp3) is 0.259. The number of anilines is 1. The van der Waals surface area contributed by atoms with Crippen LogP contribution < -0.4 is 14.8 Å². The van der Waals surface area contributed by atoms with Crippen LogP contribution in [0.2, 0.25) is 5.02 Å². The molecule has 1 aliphatic rings. The number of halogens is 1. The Morgan fingerprint density at radius 3 is 2.81 bits per heavy atom. The fourth-order valence-electron chi connectivity index (χ4n) is 4.14. The summed E-state index contributed by atoms with van der Waals surface area (Å²) in [6, 6.07) is 15.6. The molecule has 0 radical (unpaired) electrons. The molecule has 9 heteroatoms. The van der Waals surface area contributed by atoms with Crippen LogP contribution in [0.25, 0.3) is 0 Å². The van der Waals surface area contributed by atoms with Crippen molar-refractivity contribution in [2.45, 2.75) is 12.5 Å². The van der Waals surface area contributed by atoms with Crippen molar-refractivity contribution in [3.05, 3.63) is 88.1 Å². The van der Waals surface area contributed by atoms with Crippen molar-refractivity contribution in [1.82, 2.24) is 9.80 Å². The number of ether oxygens (including phenoxy) is 2. The van der Waals surface area contributed by atoms with Crippen LogP contribution in [-0.2, 0) is 11.2 Å². The zero-order valence-electron chi connectivity index (χ0n) is 20.0. The second-order valence-corrected chi connectivity index (χ2v) is 9.69. The Labute approximate surface area is 219 Å². The monoisotopic (exact) mass is 525 g/mol. The molecule has 1 aromatic heterocycles. The molecule has 36 heavy (non-hydrogen) atoms. The van der Waals surface area contributed by atoms with Crippen LogP contribution in [-0.4, -0.2) is 55.1 Å². The summed E-state index contributed by atoms with van der Waals surface area (Å²) in [6.07, 6.45) is 2.37. The van der Waals surface area contributed by atoms with Gasteiger partial charge in [0.1, 0.15) is 24.7 Å². The molecule has 1 N–H and O–H groups in total. The molecule has 7 nitrogen and oxygen atoms in total. The maximum atomic E-state index is 13.5. The van der Waals surface area contributed by atoms with E-state index in [4.69, 9.17) is 21.1 Å². The molecule has 0 saturated heterocycles. The number of carbonyl (C=O) groups excluding carboxylic acids is 2. The number of thiophene rings is 1. The van der Waals surface area contributed by atoms with Crippen molar-refractivity contribution in [3.8, 4) is 11.5 Å². The van der Waals surface area contributed by atoms with Crippen molar-refractivity contribution in [1.29, 1.82) is 0 Å². The van der Waals surface area contributed by atoms with E-state index in [1.165, 1.54) is 9.78 Å². The highest BCUT2D eigenvalue weighted by Crippen LogP contribution is 2.34. The Bertz CT molecular complexity index is 1230. The lowest BCUT2D eigenvalue weighted by Crippen LogP contribution is -2.48. The van der Waals surface area contributed by atoms with Crippen molar-refractivity contribution < 1.29 is 19.1 Å². The van der Waals surface area contributed by atoms with Crippen LogP contribution in [0.3, 0.4) is 0 Å². The van der Waals surface area contributed by atoms with Crippen LogP contribution in [0, 0.1) is 0 Å². The molecular formula is C27H28ClN3O4S. The largest absolute Gasteiger partial charge is 0.497 e. The van der Waals surface area contributed by atoms with E-state index in [0.29, 0.717) is 35.4 Å². The number of urea groups is 1. The number of amides is 3. The summed E-state index contributed by atoms with van der Waals surface area (Å²) < 4.78 is 11.4. The third-order valence-corrected chi connectivity index (χ3v) is 7.13. The molecule has 0 aliphatic carbocycles. The minimum atomic E-state index is -0.400. The van der Waals surface area contributed by atoms with Gasteiger partial charge < -0.3 is 24.6 Å². The zero-order chi connectivity index (χ0) is 25.5. The van der Waals surface area contributed by atoms with Gasteiger partial charge in [-0.2, -0.15) is 0 Å². The van der Waals surface area contributed by atoms with Crippen molar-refractivity contribution in [2.75, 3.05) is 38.7 Å². The highest BCUT2D eigenvalue weighted by Gasteiger charge is 2.33. The Morgan fingerprint density at radius 1 is 1.22 bits per heavy atom. The van der Waals surface area contributed by atoms with Crippen molar-refractivity contribution in [2.24, 2.45) is 0 Å². The average Bonchev–Trinajstić information content (AvgIpc) is 3.36. The molecule has 0 unspecified atom stereocenters. The van der Waals surface area contributed by atoms with E-state index in [-0.39, 0.29) is 25.0 Å². The third kappa shape index (κ3) is 6.19. The molecule has 3 amide bonds. The molecule has 1 atom stereocenters. The average molecular weight is 526 g/mol. The van der Waals surface area contributed by atoms with E-state index >= 15 is 0 Å². The van der Waals surface area contributed by atoms with Crippen LogP contribution >= 0.6 is 22.9 Å². The highest BCUT2D eigenvalue weighted by atomic mass is 35.5. The normalized spacial score (nSPS) is 14.5. The molecule has 0 fully saturated rings. The van der Waals surface area contributed by atoms with Gasteiger partial charge in [-0.15, -0.1) is 17.9 Å². The molecule has 0 spiro atoms. The smallest absolute Gasteiger partial charge is 0.322 e. The van der Waals surface area contributed by atoms with E-state index in [9.17, 15) is 9.59 Å². The van der Waals surface area contributed by atoms with Gasteiger partial charge in [0, 0.05) is 34.7 Å². The number of benzene rings is 2. The first-order valence-electron chi connectivity index (χ1n) is 11.5. The van der Waals surface area contributed by atoms with Crippen molar-refractivity contribution >= 4 is 40.6 Å². The summed E-state index contributed by atoms with van der Waals surface area (Å²) in [5.74, 6) is 1.21. The van der Waals surface area contributed by atoms with Crippen LogP contribution in [0.1, 0.15) is 16.5 Å². The number of rotatable bonds is 9. The van der Waals surface area contributed by atoms with Gasteiger partial charge in [-0.05, 0) is 53.8 Å². The van der Waals surface area contributed by atoms with Gasteiger partial charge in [0.05, 0.1) is 13.2 Å². The predicted molar refractivity (Wildman–Crippen MR) is 143 cm³/mol. The van der Waals surface area contributed by atoms with Gasteiger partial charge >= 0.3 is 6.03 Å². The predicted octanol–water partition coefficient (Wildman–Crippen LogP) is 5.64. The van der Waals surface area contributed by atoms with E-state index in [2.05, 4.69) is 11.9 Å². The summed E-state index contributed by atoms with van der Waals surface area (Å²) in [7, 11) is 1.61. The molecule has 1 aliphatic heterocycles. The van der Waals surface area contributed by atoms with Gasteiger partial charge in [-0.3, -0.25) is 4.79 Å². The van der Waals surface area contributed by atoms with Gasteiger partial charge in [-0.1, -0.05) is 29.8 Å². The number of hydrogen-bond donors (Lipinski definition) is 1. The molecule has 3 aromatic rings. The maximum Gasteiger partial charge on any atom is 0.322 e. The summed E-state index contributed by atoms with van der Waals surface area (Å²) in [4.78, 5) is 31.0. The Kier molecular flexibility index (Phi) is 8.51. The Balaban J connectivity index is 1.48. The first kappa shape index (κ1) is 25.6. The molecule has 0 saturated carbocycles. The van der Waals surface area contributed by atoms with Crippen LogP contribution in [0.4, 0.5) is 10.5 Å². The summed E-state index contributed by atoms with van der Waals surface area (Å²) >= 11 is 7.72. The van der Waals surface area contributed by atoms with Crippen LogP contribution in [0.15, 0.2) is 72.6 Å². The molecule has 4 rings (SSSR count). The Hall–Kier alpha value is -3.49. The van der Waals surface area contributed by atoms with Gasteiger partial charge in [0.2, 0.25) is 5.91 Å². The maximum absolute atomic E-state index is 13.5. The summed E-state index contributed by atoms with van der Waals surface area (Å²) in [6.45, 7) is 4.72. The lowest BCUT2D eigenvalue weighted by Gasteiger charge is -2.37. The molecular weight excluding hydrogens is 498 g/mol. The van der Waals surface area contributed by atoms with Gasteiger partial charge in [0.25, 0.3) is 0 Å².